The molecule has 0 aliphatic rings. The Morgan fingerprint density at radius 2 is 2.00 bits per heavy atom. The minimum absolute atomic E-state index is 0.0139. The highest BCUT2D eigenvalue weighted by molar-refractivity contribution is 7.89. The van der Waals surface area contributed by atoms with Crippen LogP contribution in [0, 0.1) is 6.92 Å². The molecule has 0 bridgehead atoms. The number of methoxy groups -OCH3 is 1. The monoisotopic (exact) mass is 431 g/mol. The minimum atomic E-state index is -3.69. The smallest absolute Gasteiger partial charge is 0.338 e. The van der Waals surface area contributed by atoms with Gasteiger partial charge >= 0.3 is 5.97 Å². The van der Waals surface area contributed by atoms with Crippen molar-refractivity contribution >= 4 is 16.0 Å². The Morgan fingerprint density at radius 1 is 1.20 bits per heavy atom. The largest absolute Gasteiger partial charge is 0.497 e. The third-order valence-corrected chi connectivity index (χ3v) is 5.74. The van der Waals surface area contributed by atoms with Crippen LogP contribution in [0.3, 0.4) is 0 Å². The molecule has 0 atom stereocenters. The normalized spacial score (nSPS) is 11.3. The predicted molar refractivity (Wildman–Crippen MR) is 107 cm³/mol. The predicted octanol–water partition coefficient (Wildman–Crippen LogP) is 2.71. The Kier molecular flexibility index (Phi) is 6.48. The average molecular weight is 431 g/mol. The summed E-state index contributed by atoms with van der Waals surface area (Å²) in [6.45, 7) is 3.35. The fraction of sp³-hybridized carbons (Fsp3) is 0.250. The van der Waals surface area contributed by atoms with Crippen molar-refractivity contribution in [3.8, 4) is 17.1 Å². The standard InChI is InChI=1S/C20H21N3O6S/c1-4-21-30(25,26)16-9-8-13(2)17(11-16)20(24)28-12-18-22-19(23-29-18)14-6-5-7-15(10-14)27-3/h5-11,21H,4,12H2,1-3H3. The lowest BCUT2D eigenvalue weighted by atomic mass is 10.1. The minimum Gasteiger partial charge on any atom is -0.497 e. The van der Waals surface area contributed by atoms with Gasteiger partial charge < -0.3 is 14.0 Å². The maximum absolute atomic E-state index is 12.5. The lowest BCUT2D eigenvalue weighted by Gasteiger charge is -2.09. The van der Waals surface area contributed by atoms with E-state index in [2.05, 4.69) is 14.9 Å². The Morgan fingerprint density at radius 3 is 2.73 bits per heavy atom. The van der Waals surface area contributed by atoms with E-state index >= 15 is 0 Å². The molecule has 10 heteroatoms. The number of esters is 1. The Bertz CT molecular complexity index is 1160. The second-order valence-corrected chi connectivity index (χ2v) is 8.06. The second-order valence-electron chi connectivity index (χ2n) is 6.30. The molecular weight excluding hydrogens is 410 g/mol. The molecule has 9 nitrogen and oxygen atoms in total. The molecule has 0 aliphatic carbocycles. The quantitative estimate of drug-likeness (QED) is 0.541. The Labute approximate surface area is 174 Å². The van der Waals surface area contributed by atoms with E-state index in [1.807, 2.05) is 0 Å². The summed E-state index contributed by atoms with van der Waals surface area (Å²) in [4.78, 5) is 16.7. The van der Waals surface area contributed by atoms with Crippen LogP contribution in [-0.4, -0.2) is 38.2 Å². The van der Waals surface area contributed by atoms with Gasteiger partial charge in [0.1, 0.15) is 5.75 Å². The van der Waals surface area contributed by atoms with E-state index in [1.54, 1.807) is 51.3 Å². The molecule has 2 aromatic carbocycles. The molecule has 0 unspecified atom stereocenters. The van der Waals surface area contributed by atoms with Gasteiger partial charge in [0.2, 0.25) is 15.8 Å². The van der Waals surface area contributed by atoms with Crippen LogP contribution in [0.2, 0.25) is 0 Å². The Hall–Kier alpha value is -3.24. The Balaban J connectivity index is 1.73. The number of hydrogen-bond donors (Lipinski definition) is 1. The summed E-state index contributed by atoms with van der Waals surface area (Å²) in [5, 5.41) is 3.88. The molecule has 30 heavy (non-hydrogen) atoms. The highest BCUT2D eigenvalue weighted by Crippen LogP contribution is 2.22. The van der Waals surface area contributed by atoms with Crippen LogP contribution >= 0.6 is 0 Å². The van der Waals surface area contributed by atoms with Gasteiger partial charge in [0.25, 0.3) is 5.89 Å². The first-order valence-electron chi connectivity index (χ1n) is 9.08. The number of aromatic nitrogens is 2. The molecule has 0 radical (unpaired) electrons. The number of hydrogen-bond acceptors (Lipinski definition) is 8. The van der Waals surface area contributed by atoms with E-state index in [9.17, 15) is 13.2 Å². The molecule has 3 rings (SSSR count). The molecular formula is C20H21N3O6S. The molecule has 1 heterocycles. The first kappa shape index (κ1) is 21.5. The van der Waals surface area contributed by atoms with E-state index < -0.39 is 16.0 Å². The summed E-state index contributed by atoms with van der Waals surface area (Å²) in [6.07, 6.45) is 0. The molecule has 0 saturated heterocycles. The summed E-state index contributed by atoms with van der Waals surface area (Å²) in [5.41, 5.74) is 1.41. The molecule has 158 valence electrons. The topological polar surface area (TPSA) is 121 Å². The van der Waals surface area contributed by atoms with Gasteiger partial charge in [-0.05, 0) is 36.8 Å². The van der Waals surface area contributed by atoms with Gasteiger partial charge in [0, 0.05) is 12.1 Å². The fourth-order valence-corrected chi connectivity index (χ4v) is 3.73. The summed E-state index contributed by atoms with van der Waals surface area (Å²) in [5.74, 6) is 0.389. The molecule has 1 aromatic heterocycles. The third-order valence-electron chi connectivity index (χ3n) is 4.20. The van der Waals surface area contributed by atoms with Crippen LogP contribution < -0.4 is 9.46 Å². The van der Waals surface area contributed by atoms with Crippen molar-refractivity contribution < 1.29 is 27.2 Å². The van der Waals surface area contributed by atoms with Gasteiger partial charge in [-0.3, -0.25) is 0 Å². The van der Waals surface area contributed by atoms with Gasteiger partial charge in [0.15, 0.2) is 6.61 Å². The number of benzene rings is 2. The van der Waals surface area contributed by atoms with Crippen molar-refractivity contribution in [1.29, 1.82) is 0 Å². The highest BCUT2D eigenvalue weighted by Gasteiger charge is 2.19. The number of ether oxygens (including phenoxy) is 2. The van der Waals surface area contributed by atoms with Crippen LogP contribution in [0.4, 0.5) is 0 Å². The molecule has 0 fully saturated rings. The van der Waals surface area contributed by atoms with Gasteiger partial charge in [-0.1, -0.05) is 30.3 Å². The first-order valence-corrected chi connectivity index (χ1v) is 10.6. The number of aryl methyl sites for hydroxylation is 1. The van der Waals surface area contributed by atoms with Crippen LogP contribution in [0.15, 0.2) is 51.9 Å². The van der Waals surface area contributed by atoms with E-state index in [-0.39, 0.29) is 29.5 Å². The fourth-order valence-electron chi connectivity index (χ4n) is 2.66. The second kappa shape index (κ2) is 9.06. The zero-order valence-corrected chi connectivity index (χ0v) is 17.5. The van der Waals surface area contributed by atoms with Crippen molar-refractivity contribution in [3.63, 3.8) is 0 Å². The van der Waals surface area contributed by atoms with Crippen LogP contribution in [0.25, 0.3) is 11.4 Å². The number of rotatable bonds is 8. The highest BCUT2D eigenvalue weighted by atomic mass is 32.2. The molecule has 3 aromatic rings. The lowest BCUT2D eigenvalue weighted by Crippen LogP contribution is -2.23. The van der Waals surface area contributed by atoms with Crippen LogP contribution in [0.5, 0.6) is 5.75 Å². The van der Waals surface area contributed by atoms with Crippen LogP contribution in [-0.2, 0) is 21.4 Å². The van der Waals surface area contributed by atoms with E-state index in [0.29, 0.717) is 22.7 Å². The van der Waals surface area contributed by atoms with Crippen molar-refractivity contribution in [2.45, 2.75) is 25.3 Å². The van der Waals surface area contributed by atoms with Gasteiger partial charge in [-0.15, -0.1) is 0 Å². The molecule has 0 spiro atoms. The van der Waals surface area contributed by atoms with Crippen LogP contribution in [0.1, 0.15) is 28.7 Å². The summed E-state index contributed by atoms with van der Waals surface area (Å²) in [7, 11) is -2.14. The SMILES string of the molecule is CCNS(=O)(=O)c1ccc(C)c(C(=O)OCc2nc(-c3cccc(OC)c3)no2)c1. The van der Waals surface area contributed by atoms with Gasteiger partial charge in [0.05, 0.1) is 17.6 Å². The molecule has 1 N–H and O–H groups in total. The van der Waals surface area contributed by atoms with Gasteiger partial charge in [-0.25, -0.2) is 17.9 Å². The van der Waals surface area contributed by atoms with Crippen molar-refractivity contribution in [2.75, 3.05) is 13.7 Å². The number of sulfonamides is 1. The average Bonchev–Trinajstić information content (AvgIpc) is 3.21. The maximum atomic E-state index is 12.5. The number of nitrogens with one attached hydrogen (secondary N) is 1. The zero-order valence-electron chi connectivity index (χ0n) is 16.7. The molecule has 0 amide bonds. The maximum Gasteiger partial charge on any atom is 0.338 e. The van der Waals surface area contributed by atoms with E-state index in [1.165, 1.54) is 12.1 Å². The van der Waals surface area contributed by atoms with E-state index in [4.69, 9.17) is 14.0 Å². The third kappa shape index (κ3) is 4.84. The molecule has 0 aliphatic heterocycles. The van der Waals surface area contributed by atoms with Gasteiger partial charge in [-0.2, -0.15) is 4.98 Å². The first-order chi connectivity index (χ1) is 14.3. The van der Waals surface area contributed by atoms with E-state index in [0.717, 1.165) is 0 Å². The van der Waals surface area contributed by atoms with Crippen molar-refractivity contribution in [1.82, 2.24) is 14.9 Å². The van der Waals surface area contributed by atoms with Crippen molar-refractivity contribution in [2.24, 2.45) is 0 Å². The zero-order chi connectivity index (χ0) is 21.7. The summed E-state index contributed by atoms with van der Waals surface area (Å²) >= 11 is 0. The summed E-state index contributed by atoms with van der Waals surface area (Å²) in [6, 6.07) is 11.4. The number of carbonyl (C=O) groups is 1. The van der Waals surface area contributed by atoms with Crippen molar-refractivity contribution in [3.05, 3.63) is 59.5 Å². The molecule has 0 saturated carbocycles. The lowest BCUT2D eigenvalue weighted by molar-refractivity contribution is 0.0428. The summed E-state index contributed by atoms with van der Waals surface area (Å²) < 4.78 is 42.3. The number of nitrogens with zero attached hydrogens (tertiary/aromatic N) is 2. The number of carbonyl (C=O) groups excluding carboxylic acids is 1.